The fraction of sp³-hybridized carbons (Fsp3) is 0.467. The summed E-state index contributed by atoms with van der Waals surface area (Å²) in [5, 5.41) is 8.82. The molecule has 0 atom stereocenters. The van der Waals surface area contributed by atoms with Gasteiger partial charge in [-0.2, -0.15) is 0 Å². The molecule has 1 aromatic rings. The first-order valence-electron chi connectivity index (χ1n) is 6.92. The number of carbonyl (C=O) groups excluding carboxylic acids is 2. The zero-order valence-corrected chi connectivity index (χ0v) is 11.7. The number of rotatable bonds is 3. The predicted octanol–water partition coefficient (Wildman–Crippen LogP) is 0.526. The second-order valence-corrected chi connectivity index (χ2v) is 4.88. The molecule has 1 aliphatic rings. The van der Waals surface area contributed by atoms with Gasteiger partial charge in [0.2, 0.25) is 5.91 Å². The maximum absolute atomic E-state index is 12.3. The standard InChI is InChI=1S/C15H20N2O3/c1-2-12-3-5-13(6-4-12)15(20)17-9-7-16(8-10-17)14(19)11-18/h3-6,18H,2,7-11H2,1H3. The molecule has 0 saturated carbocycles. The number of hydrogen-bond acceptors (Lipinski definition) is 3. The number of amides is 2. The molecule has 1 heterocycles. The van der Waals surface area contributed by atoms with Crippen LogP contribution >= 0.6 is 0 Å². The lowest BCUT2D eigenvalue weighted by Gasteiger charge is -2.34. The second-order valence-electron chi connectivity index (χ2n) is 4.88. The van der Waals surface area contributed by atoms with Crippen LogP contribution in [0.15, 0.2) is 24.3 Å². The molecule has 2 rings (SSSR count). The molecule has 1 fully saturated rings. The lowest BCUT2D eigenvalue weighted by atomic mass is 10.1. The Hall–Kier alpha value is -1.88. The molecule has 0 aromatic heterocycles. The van der Waals surface area contributed by atoms with Gasteiger partial charge in [0.05, 0.1) is 0 Å². The lowest BCUT2D eigenvalue weighted by molar-refractivity contribution is -0.135. The maximum Gasteiger partial charge on any atom is 0.253 e. The number of aliphatic hydroxyl groups is 1. The van der Waals surface area contributed by atoms with Gasteiger partial charge in [0.1, 0.15) is 6.61 Å². The molecule has 1 N–H and O–H groups in total. The van der Waals surface area contributed by atoms with Crippen LogP contribution in [0.4, 0.5) is 0 Å². The SMILES string of the molecule is CCc1ccc(C(=O)N2CCN(C(=O)CO)CC2)cc1. The summed E-state index contributed by atoms with van der Waals surface area (Å²) in [4.78, 5) is 27.0. The Morgan fingerprint density at radius 3 is 2.10 bits per heavy atom. The third-order valence-electron chi connectivity index (χ3n) is 3.66. The third-order valence-corrected chi connectivity index (χ3v) is 3.66. The molecule has 0 spiro atoms. The van der Waals surface area contributed by atoms with Gasteiger partial charge in [-0.05, 0) is 24.1 Å². The van der Waals surface area contributed by atoms with Crippen molar-refractivity contribution >= 4 is 11.8 Å². The Morgan fingerprint density at radius 1 is 1.05 bits per heavy atom. The van der Waals surface area contributed by atoms with Crippen LogP contribution in [0.5, 0.6) is 0 Å². The first kappa shape index (κ1) is 14.5. The van der Waals surface area contributed by atoms with E-state index in [2.05, 4.69) is 6.92 Å². The Kier molecular flexibility index (Phi) is 4.74. The highest BCUT2D eigenvalue weighted by atomic mass is 16.3. The molecule has 2 amide bonds. The molecule has 0 aliphatic carbocycles. The van der Waals surface area contributed by atoms with Crippen molar-refractivity contribution in [2.45, 2.75) is 13.3 Å². The summed E-state index contributed by atoms with van der Waals surface area (Å²) in [6.07, 6.45) is 0.955. The number of nitrogens with zero attached hydrogens (tertiary/aromatic N) is 2. The molecule has 5 heteroatoms. The van der Waals surface area contributed by atoms with E-state index < -0.39 is 6.61 Å². The molecular formula is C15H20N2O3. The van der Waals surface area contributed by atoms with Crippen molar-refractivity contribution in [3.05, 3.63) is 35.4 Å². The van der Waals surface area contributed by atoms with Crippen molar-refractivity contribution in [1.82, 2.24) is 9.80 Å². The van der Waals surface area contributed by atoms with E-state index in [1.54, 1.807) is 9.80 Å². The number of benzene rings is 1. The first-order chi connectivity index (χ1) is 9.65. The second kappa shape index (κ2) is 6.52. The molecule has 0 bridgehead atoms. The van der Waals surface area contributed by atoms with Crippen molar-refractivity contribution < 1.29 is 14.7 Å². The topological polar surface area (TPSA) is 60.9 Å². The van der Waals surface area contributed by atoms with Crippen LogP contribution in [-0.2, 0) is 11.2 Å². The van der Waals surface area contributed by atoms with E-state index in [1.165, 1.54) is 5.56 Å². The lowest BCUT2D eigenvalue weighted by Crippen LogP contribution is -2.51. The summed E-state index contributed by atoms with van der Waals surface area (Å²) in [6.45, 7) is 3.61. The minimum absolute atomic E-state index is 0.00347. The highest BCUT2D eigenvalue weighted by Crippen LogP contribution is 2.11. The average Bonchev–Trinajstić information content (AvgIpc) is 2.53. The zero-order valence-electron chi connectivity index (χ0n) is 11.7. The number of aliphatic hydroxyl groups excluding tert-OH is 1. The van der Waals surface area contributed by atoms with Gasteiger partial charge >= 0.3 is 0 Å². The van der Waals surface area contributed by atoms with Gasteiger partial charge in [0.25, 0.3) is 5.91 Å². The van der Waals surface area contributed by atoms with Crippen molar-refractivity contribution in [2.75, 3.05) is 32.8 Å². The minimum Gasteiger partial charge on any atom is -0.387 e. The molecule has 1 aliphatic heterocycles. The van der Waals surface area contributed by atoms with Crippen molar-refractivity contribution in [1.29, 1.82) is 0 Å². The molecule has 20 heavy (non-hydrogen) atoms. The summed E-state index contributed by atoms with van der Waals surface area (Å²) in [6, 6.07) is 7.65. The van der Waals surface area contributed by atoms with Crippen LogP contribution in [-0.4, -0.2) is 59.5 Å². The van der Waals surface area contributed by atoms with Crippen molar-refractivity contribution in [3.8, 4) is 0 Å². The number of carbonyl (C=O) groups is 2. The van der Waals surface area contributed by atoms with E-state index in [9.17, 15) is 9.59 Å². The number of aryl methyl sites for hydroxylation is 1. The van der Waals surface area contributed by atoms with Gasteiger partial charge in [-0.1, -0.05) is 19.1 Å². The molecule has 0 unspecified atom stereocenters. The largest absolute Gasteiger partial charge is 0.387 e. The summed E-state index contributed by atoms with van der Waals surface area (Å²) in [5.74, 6) is -0.270. The molecule has 108 valence electrons. The van der Waals surface area contributed by atoms with Crippen LogP contribution in [0.2, 0.25) is 0 Å². The van der Waals surface area contributed by atoms with Gasteiger partial charge in [-0.15, -0.1) is 0 Å². The molecular weight excluding hydrogens is 256 g/mol. The fourth-order valence-corrected chi connectivity index (χ4v) is 2.32. The normalized spacial score (nSPS) is 15.3. The Labute approximate surface area is 118 Å². The Bertz CT molecular complexity index is 476. The van der Waals surface area contributed by atoms with Gasteiger partial charge in [0.15, 0.2) is 0 Å². The highest BCUT2D eigenvalue weighted by Gasteiger charge is 2.24. The van der Waals surface area contributed by atoms with Gasteiger partial charge in [-0.3, -0.25) is 9.59 Å². The Balaban J connectivity index is 1.95. The quantitative estimate of drug-likeness (QED) is 0.876. The van der Waals surface area contributed by atoms with E-state index in [0.29, 0.717) is 31.7 Å². The minimum atomic E-state index is -0.466. The van der Waals surface area contributed by atoms with E-state index in [-0.39, 0.29) is 11.8 Å². The van der Waals surface area contributed by atoms with Crippen molar-refractivity contribution in [3.63, 3.8) is 0 Å². The monoisotopic (exact) mass is 276 g/mol. The smallest absolute Gasteiger partial charge is 0.253 e. The molecule has 1 aromatic carbocycles. The fourth-order valence-electron chi connectivity index (χ4n) is 2.32. The first-order valence-corrected chi connectivity index (χ1v) is 6.92. The van der Waals surface area contributed by atoms with Crippen LogP contribution in [0.3, 0.4) is 0 Å². The van der Waals surface area contributed by atoms with Gasteiger partial charge in [0, 0.05) is 31.7 Å². The predicted molar refractivity (Wildman–Crippen MR) is 75.4 cm³/mol. The molecule has 1 saturated heterocycles. The number of piperazine rings is 1. The van der Waals surface area contributed by atoms with E-state index in [4.69, 9.17) is 5.11 Å². The Morgan fingerprint density at radius 2 is 1.60 bits per heavy atom. The average molecular weight is 276 g/mol. The van der Waals surface area contributed by atoms with Gasteiger partial charge < -0.3 is 14.9 Å². The summed E-state index contributed by atoms with van der Waals surface area (Å²) >= 11 is 0. The van der Waals surface area contributed by atoms with E-state index in [1.807, 2.05) is 24.3 Å². The zero-order chi connectivity index (χ0) is 14.5. The van der Waals surface area contributed by atoms with Crippen LogP contribution in [0, 0.1) is 0 Å². The van der Waals surface area contributed by atoms with E-state index >= 15 is 0 Å². The summed E-state index contributed by atoms with van der Waals surface area (Å²) in [5.41, 5.74) is 1.89. The third kappa shape index (κ3) is 3.17. The van der Waals surface area contributed by atoms with Gasteiger partial charge in [-0.25, -0.2) is 0 Å². The van der Waals surface area contributed by atoms with Crippen molar-refractivity contribution in [2.24, 2.45) is 0 Å². The summed E-state index contributed by atoms with van der Waals surface area (Å²) in [7, 11) is 0. The molecule has 0 radical (unpaired) electrons. The van der Waals surface area contributed by atoms with Crippen LogP contribution < -0.4 is 0 Å². The van der Waals surface area contributed by atoms with Crippen LogP contribution in [0.25, 0.3) is 0 Å². The highest BCUT2D eigenvalue weighted by molar-refractivity contribution is 5.94. The van der Waals surface area contributed by atoms with Crippen LogP contribution in [0.1, 0.15) is 22.8 Å². The summed E-state index contributed by atoms with van der Waals surface area (Å²) < 4.78 is 0. The van der Waals surface area contributed by atoms with E-state index in [0.717, 1.165) is 6.42 Å². The molecule has 5 nitrogen and oxygen atoms in total. The number of hydrogen-bond donors (Lipinski definition) is 1. The maximum atomic E-state index is 12.3.